The molecule has 0 aromatic heterocycles. The number of benzodiazepines with no additional fused rings is 1. The molecule has 0 radical (unpaired) electrons. The van der Waals surface area contributed by atoms with Gasteiger partial charge < -0.3 is 5.11 Å². The van der Waals surface area contributed by atoms with Crippen LogP contribution in [0.5, 0.6) is 0 Å². The summed E-state index contributed by atoms with van der Waals surface area (Å²) >= 11 is 12.4. The van der Waals surface area contributed by atoms with E-state index in [1.165, 1.54) is 4.90 Å². The number of aliphatic carboxylic acids is 1. The Hall–Kier alpha value is -2.37. The SMILES string of the molecule is O=C(O)CN1C(=O)CN=C(c2ccccc2Cl)c2cc(Cl)ccc21. The lowest BCUT2D eigenvalue weighted by Gasteiger charge is -2.21. The van der Waals surface area contributed by atoms with Crippen LogP contribution >= 0.6 is 23.2 Å². The molecule has 1 amide bonds. The molecule has 1 aliphatic heterocycles. The number of carboxylic acid groups (broad SMARTS) is 1. The van der Waals surface area contributed by atoms with Crippen molar-refractivity contribution in [2.45, 2.75) is 0 Å². The number of nitrogens with zero attached hydrogens (tertiary/aromatic N) is 2. The quantitative estimate of drug-likeness (QED) is 0.910. The Morgan fingerprint density at radius 3 is 2.62 bits per heavy atom. The zero-order chi connectivity index (χ0) is 17.3. The minimum atomic E-state index is -1.11. The van der Waals surface area contributed by atoms with Crippen LogP contribution in [-0.4, -0.2) is 35.8 Å². The molecular formula is C17H12Cl2N2O3. The third kappa shape index (κ3) is 3.13. The average molecular weight is 363 g/mol. The third-order valence-electron chi connectivity index (χ3n) is 3.60. The number of carbonyl (C=O) groups excluding carboxylic acids is 1. The monoisotopic (exact) mass is 362 g/mol. The Morgan fingerprint density at radius 2 is 1.92 bits per heavy atom. The second kappa shape index (κ2) is 6.63. The maximum absolute atomic E-state index is 12.3. The zero-order valence-electron chi connectivity index (χ0n) is 12.4. The highest BCUT2D eigenvalue weighted by atomic mass is 35.5. The normalized spacial score (nSPS) is 14.0. The maximum atomic E-state index is 12.3. The van der Waals surface area contributed by atoms with Gasteiger partial charge in [-0.05, 0) is 24.3 Å². The van der Waals surface area contributed by atoms with Gasteiger partial charge in [-0.3, -0.25) is 19.5 Å². The van der Waals surface area contributed by atoms with E-state index in [4.69, 9.17) is 28.3 Å². The summed E-state index contributed by atoms with van der Waals surface area (Å²) in [5.41, 5.74) is 2.19. The first-order valence-electron chi connectivity index (χ1n) is 7.09. The topological polar surface area (TPSA) is 70.0 Å². The number of carbonyl (C=O) groups is 2. The van der Waals surface area contributed by atoms with Crippen molar-refractivity contribution in [3.8, 4) is 0 Å². The van der Waals surface area contributed by atoms with Gasteiger partial charge in [0.15, 0.2) is 0 Å². The van der Waals surface area contributed by atoms with Crippen molar-refractivity contribution in [1.29, 1.82) is 0 Å². The van der Waals surface area contributed by atoms with Crippen molar-refractivity contribution in [2.75, 3.05) is 18.0 Å². The number of hydrogen-bond acceptors (Lipinski definition) is 3. The minimum absolute atomic E-state index is 0.167. The van der Waals surface area contributed by atoms with E-state index in [0.29, 0.717) is 32.6 Å². The maximum Gasteiger partial charge on any atom is 0.323 e. The van der Waals surface area contributed by atoms with Crippen LogP contribution < -0.4 is 4.90 Å². The molecule has 0 saturated carbocycles. The molecule has 3 rings (SSSR count). The molecule has 0 spiro atoms. The van der Waals surface area contributed by atoms with Crippen molar-refractivity contribution in [1.82, 2.24) is 0 Å². The molecule has 0 atom stereocenters. The summed E-state index contributed by atoms with van der Waals surface area (Å²) in [5.74, 6) is -1.51. The number of rotatable bonds is 3. The molecule has 0 saturated heterocycles. The molecular weight excluding hydrogens is 351 g/mol. The van der Waals surface area contributed by atoms with Crippen molar-refractivity contribution in [3.05, 3.63) is 63.6 Å². The van der Waals surface area contributed by atoms with E-state index in [-0.39, 0.29) is 6.54 Å². The van der Waals surface area contributed by atoms with E-state index < -0.39 is 18.4 Å². The van der Waals surface area contributed by atoms with E-state index in [9.17, 15) is 9.59 Å². The number of hydrogen-bond donors (Lipinski definition) is 1. The highest BCUT2D eigenvalue weighted by Gasteiger charge is 2.27. The second-order valence-corrected chi connectivity index (χ2v) is 6.02. The van der Waals surface area contributed by atoms with Crippen LogP contribution in [0.25, 0.3) is 0 Å². The molecule has 1 N–H and O–H groups in total. The lowest BCUT2D eigenvalue weighted by molar-refractivity contribution is -0.136. The molecule has 7 heteroatoms. The molecule has 0 unspecified atom stereocenters. The van der Waals surface area contributed by atoms with Gasteiger partial charge in [-0.25, -0.2) is 0 Å². The fraction of sp³-hybridized carbons (Fsp3) is 0.118. The Balaban J connectivity index is 2.21. The molecule has 0 bridgehead atoms. The fourth-order valence-corrected chi connectivity index (χ4v) is 2.97. The minimum Gasteiger partial charge on any atom is -0.480 e. The first-order valence-corrected chi connectivity index (χ1v) is 7.84. The van der Waals surface area contributed by atoms with Crippen LogP contribution in [0.15, 0.2) is 47.5 Å². The largest absolute Gasteiger partial charge is 0.480 e. The fourth-order valence-electron chi connectivity index (χ4n) is 2.58. The van der Waals surface area contributed by atoms with Gasteiger partial charge in [-0.2, -0.15) is 0 Å². The summed E-state index contributed by atoms with van der Waals surface area (Å²) in [5, 5.41) is 10.0. The summed E-state index contributed by atoms with van der Waals surface area (Å²) in [6.07, 6.45) is 0. The molecule has 5 nitrogen and oxygen atoms in total. The first-order chi connectivity index (χ1) is 11.5. The summed E-state index contributed by atoms with van der Waals surface area (Å²) < 4.78 is 0. The highest BCUT2D eigenvalue weighted by molar-refractivity contribution is 6.37. The third-order valence-corrected chi connectivity index (χ3v) is 4.17. The summed E-state index contributed by atoms with van der Waals surface area (Å²) in [7, 11) is 0. The highest BCUT2D eigenvalue weighted by Crippen LogP contribution is 2.31. The van der Waals surface area contributed by atoms with E-state index in [2.05, 4.69) is 4.99 Å². The van der Waals surface area contributed by atoms with Gasteiger partial charge in [0, 0.05) is 21.2 Å². The van der Waals surface area contributed by atoms with Crippen molar-refractivity contribution < 1.29 is 14.7 Å². The van der Waals surface area contributed by atoms with E-state index >= 15 is 0 Å². The molecule has 24 heavy (non-hydrogen) atoms. The summed E-state index contributed by atoms with van der Waals surface area (Å²) in [6, 6.07) is 12.0. The van der Waals surface area contributed by atoms with Gasteiger partial charge >= 0.3 is 5.97 Å². The van der Waals surface area contributed by atoms with E-state index in [0.717, 1.165) is 0 Å². The number of carboxylic acids is 1. The van der Waals surface area contributed by atoms with Crippen molar-refractivity contribution in [3.63, 3.8) is 0 Å². The molecule has 2 aromatic carbocycles. The standard InChI is InChI=1S/C17H12Cl2N2O3/c18-10-5-6-14-12(7-10)17(11-3-1-2-4-13(11)19)20-8-15(22)21(14)9-16(23)24/h1-7H,8-9H2,(H,23,24). The Bertz CT molecular complexity index is 865. The number of benzene rings is 2. The number of aliphatic imine (C=N–C) groups is 1. The molecule has 0 aliphatic carbocycles. The summed E-state index contributed by atoms with van der Waals surface area (Å²) in [6.45, 7) is -0.612. The second-order valence-electron chi connectivity index (χ2n) is 5.18. The van der Waals surface area contributed by atoms with E-state index in [1.807, 2.05) is 6.07 Å². The van der Waals surface area contributed by atoms with Gasteiger partial charge in [0.2, 0.25) is 5.91 Å². The van der Waals surface area contributed by atoms with Crippen LogP contribution in [0.1, 0.15) is 11.1 Å². The molecule has 122 valence electrons. The number of halogens is 2. The molecule has 1 heterocycles. The van der Waals surface area contributed by atoms with Gasteiger partial charge in [0.25, 0.3) is 0 Å². The predicted octanol–water partition coefficient (Wildman–Crippen LogP) is 3.26. The average Bonchev–Trinajstić information content (AvgIpc) is 2.66. The van der Waals surface area contributed by atoms with Crippen molar-refractivity contribution >= 4 is 46.5 Å². The zero-order valence-corrected chi connectivity index (χ0v) is 13.9. The Morgan fingerprint density at radius 1 is 1.17 bits per heavy atom. The lowest BCUT2D eigenvalue weighted by Crippen LogP contribution is -2.37. The number of anilines is 1. The first kappa shape index (κ1) is 16.5. The molecule has 1 aliphatic rings. The molecule has 2 aromatic rings. The van der Waals surface area contributed by atoms with Gasteiger partial charge in [0.05, 0.1) is 11.4 Å². The number of amides is 1. The summed E-state index contributed by atoms with van der Waals surface area (Å²) in [4.78, 5) is 29.0. The van der Waals surface area contributed by atoms with Gasteiger partial charge in [0.1, 0.15) is 13.1 Å². The van der Waals surface area contributed by atoms with Crippen LogP contribution in [-0.2, 0) is 9.59 Å². The smallest absolute Gasteiger partial charge is 0.323 e. The number of fused-ring (bicyclic) bond motifs is 1. The van der Waals surface area contributed by atoms with E-state index in [1.54, 1.807) is 36.4 Å². The predicted molar refractivity (Wildman–Crippen MR) is 93.4 cm³/mol. The van der Waals surface area contributed by atoms with Gasteiger partial charge in [-0.15, -0.1) is 0 Å². The Kier molecular flexibility index (Phi) is 4.55. The van der Waals surface area contributed by atoms with Crippen LogP contribution in [0.3, 0.4) is 0 Å². The van der Waals surface area contributed by atoms with Crippen LogP contribution in [0.4, 0.5) is 5.69 Å². The van der Waals surface area contributed by atoms with Gasteiger partial charge in [-0.1, -0.05) is 41.4 Å². The molecule has 0 fully saturated rings. The van der Waals surface area contributed by atoms with Crippen LogP contribution in [0, 0.1) is 0 Å². The van der Waals surface area contributed by atoms with Crippen LogP contribution in [0.2, 0.25) is 10.0 Å². The lowest BCUT2D eigenvalue weighted by atomic mass is 10.00. The van der Waals surface area contributed by atoms with Crippen molar-refractivity contribution in [2.24, 2.45) is 4.99 Å². The Labute approximate surface area is 148 Å².